The van der Waals surface area contributed by atoms with Crippen molar-refractivity contribution in [2.45, 2.75) is 32.1 Å². The molecular weight excluding hydrogens is 209 g/mol. The van der Waals surface area contributed by atoms with E-state index in [-0.39, 0.29) is 11.9 Å². The Balaban J connectivity index is 2.72. The van der Waals surface area contributed by atoms with Crippen molar-refractivity contribution in [2.75, 3.05) is 5.75 Å². The third kappa shape index (κ3) is 3.84. The Morgan fingerprint density at radius 3 is 2.67 bits per heavy atom. The maximum atomic E-state index is 13.5. The second-order valence-corrected chi connectivity index (χ2v) is 5.62. The van der Waals surface area contributed by atoms with Crippen molar-refractivity contribution < 1.29 is 4.39 Å². The SMILES string of the molecule is Cc1ccc(F)c(C(N)CSC(C)C)c1. The van der Waals surface area contributed by atoms with E-state index in [1.807, 2.05) is 13.0 Å². The Bertz CT molecular complexity index is 325. The summed E-state index contributed by atoms with van der Waals surface area (Å²) in [5, 5.41) is 0.531. The standard InChI is InChI=1S/C12H18FNS/c1-8(2)15-7-12(14)10-6-9(3)4-5-11(10)13/h4-6,8,12H,7,14H2,1-3H3. The lowest BCUT2D eigenvalue weighted by Crippen LogP contribution is -2.16. The number of thioether (sulfide) groups is 1. The first kappa shape index (κ1) is 12.5. The minimum Gasteiger partial charge on any atom is -0.323 e. The van der Waals surface area contributed by atoms with Crippen LogP contribution in [0.25, 0.3) is 0 Å². The van der Waals surface area contributed by atoms with Gasteiger partial charge in [-0.15, -0.1) is 0 Å². The third-order valence-corrected chi connectivity index (χ3v) is 3.38. The second-order valence-electron chi connectivity index (χ2n) is 4.01. The van der Waals surface area contributed by atoms with Gasteiger partial charge in [-0.3, -0.25) is 0 Å². The lowest BCUT2D eigenvalue weighted by atomic mass is 10.1. The van der Waals surface area contributed by atoms with Crippen molar-refractivity contribution in [2.24, 2.45) is 5.73 Å². The van der Waals surface area contributed by atoms with E-state index in [1.165, 1.54) is 6.07 Å². The number of rotatable bonds is 4. The van der Waals surface area contributed by atoms with E-state index < -0.39 is 0 Å². The fraction of sp³-hybridized carbons (Fsp3) is 0.500. The molecule has 1 aromatic carbocycles. The summed E-state index contributed by atoms with van der Waals surface area (Å²) in [6.07, 6.45) is 0. The molecule has 3 heteroatoms. The van der Waals surface area contributed by atoms with E-state index in [9.17, 15) is 4.39 Å². The molecule has 1 unspecified atom stereocenters. The minimum atomic E-state index is -0.211. The molecule has 0 bridgehead atoms. The van der Waals surface area contributed by atoms with Gasteiger partial charge in [0.05, 0.1) is 0 Å². The number of hydrogen-bond acceptors (Lipinski definition) is 2. The van der Waals surface area contributed by atoms with Crippen molar-refractivity contribution in [3.63, 3.8) is 0 Å². The smallest absolute Gasteiger partial charge is 0.128 e. The van der Waals surface area contributed by atoms with E-state index in [0.717, 1.165) is 11.3 Å². The fourth-order valence-corrected chi connectivity index (χ4v) is 2.11. The number of aryl methyl sites for hydroxylation is 1. The van der Waals surface area contributed by atoms with Gasteiger partial charge in [0, 0.05) is 17.4 Å². The molecule has 0 aliphatic carbocycles. The molecule has 0 amide bonds. The molecule has 2 N–H and O–H groups in total. The van der Waals surface area contributed by atoms with Gasteiger partial charge in [-0.2, -0.15) is 11.8 Å². The maximum absolute atomic E-state index is 13.5. The molecule has 0 saturated heterocycles. The molecule has 1 atom stereocenters. The summed E-state index contributed by atoms with van der Waals surface area (Å²) in [5.74, 6) is 0.565. The third-order valence-electron chi connectivity index (χ3n) is 2.16. The van der Waals surface area contributed by atoms with Crippen LogP contribution in [-0.4, -0.2) is 11.0 Å². The highest BCUT2D eigenvalue weighted by molar-refractivity contribution is 7.99. The predicted octanol–water partition coefficient (Wildman–Crippen LogP) is 3.28. The zero-order valence-corrected chi connectivity index (χ0v) is 10.3. The van der Waals surface area contributed by atoms with Crippen molar-refractivity contribution in [1.29, 1.82) is 0 Å². The lowest BCUT2D eigenvalue weighted by molar-refractivity contribution is 0.594. The predicted molar refractivity (Wildman–Crippen MR) is 65.7 cm³/mol. The first-order valence-electron chi connectivity index (χ1n) is 5.14. The molecular formula is C12H18FNS. The summed E-state index contributed by atoms with van der Waals surface area (Å²) in [6.45, 7) is 6.18. The number of hydrogen-bond donors (Lipinski definition) is 1. The van der Waals surface area contributed by atoms with Gasteiger partial charge in [-0.25, -0.2) is 4.39 Å². The molecule has 0 fully saturated rings. The van der Waals surface area contributed by atoms with Crippen LogP contribution >= 0.6 is 11.8 Å². The molecule has 0 aliphatic rings. The van der Waals surface area contributed by atoms with E-state index in [4.69, 9.17) is 5.73 Å². The Morgan fingerprint density at radius 1 is 1.40 bits per heavy atom. The van der Waals surface area contributed by atoms with Gasteiger partial charge in [0.15, 0.2) is 0 Å². The molecule has 1 aromatic rings. The Hall–Kier alpha value is -0.540. The van der Waals surface area contributed by atoms with Gasteiger partial charge in [-0.1, -0.05) is 31.5 Å². The number of halogens is 1. The zero-order chi connectivity index (χ0) is 11.4. The highest BCUT2D eigenvalue weighted by atomic mass is 32.2. The van der Waals surface area contributed by atoms with Crippen LogP contribution in [0.3, 0.4) is 0 Å². The van der Waals surface area contributed by atoms with Gasteiger partial charge in [0.2, 0.25) is 0 Å². The average molecular weight is 227 g/mol. The van der Waals surface area contributed by atoms with E-state index >= 15 is 0 Å². The van der Waals surface area contributed by atoms with Crippen molar-refractivity contribution in [1.82, 2.24) is 0 Å². The lowest BCUT2D eigenvalue weighted by Gasteiger charge is -2.14. The Labute approximate surface area is 95.2 Å². The van der Waals surface area contributed by atoms with Gasteiger partial charge < -0.3 is 5.73 Å². The zero-order valence-electron chi connectivity index (χ0n) is 9.46. The van der Waals surface area contributed by atoms with E-state index in [1.54, 1.807) is 17.8 Å². The van der Waals surface area contributed by atoms with Crippen LogP contribution in [0.1, 0.15) is 31.0 Å². The fourth-order valence-electron chi connectivity index (χ4n) is 1.33. The largest absolute Gasteiger partial charge is 0.323 e. The summed E-state index contributed by atoms with van der Waals surface area (Å²) in [4.78, 5) is 0. The van der Waals surface area contributed by atoms with Crippen LogP contribution in [0.5, 0.6) is 0 Å². The van der Waals surface area contributed by atoms with Crippen LogP contribution in [0, 0.1) is 12.7 Å². The molecule has 0 saturated carbocycles. The molecule has 15 heavy (non-hydrogen) atoms. The molecule has 0 spiro atoms. The molecule has 0 heterocycles. The molecule has 84 valence electrons. The highest BCUT2D eigenvalue weighted by Gasteiger charge is 2.12. The topological polar surface area (TPSA) is 26.0 Å². The molecule has 1 rings (SSSR count). The minimum absolute atomic E-state index is 0.197. The van der Waals surface area contributed by atoms with Gasteiger partial charge >= 0.3 is 0 Å². The Morgan fingerprint density at radius 2 is 2.07 bits per heavy atom. The first-order chi connectivity index (χ1) is 7.00. The normalized spacial score (nSPS) is 13.2. The summed E-state index contributed by atoms with van der Waals surface area (Å²) in [5.41, 5.74) is 7.63. The summed E-state index contributed by atoms with van der Waals surface area (Å²) < 4.78 is 13.5. The van der Waals surface area contributed by atoms with Crippen molar-refractivity contribution >= 4 is 11.8 Å². The van der Waals surface area contributed by atoms with E-state index in [0.29, 0.717) is 10.8 Å². The number of benzene rings is 1. The second kappa shape index (κ2) is 5.52. The van der Waals surface area contributed by atoms with Crippen LogP contribution in [0.15, 0.2) is 18.2 Å². The molecule has 0 aromatic heterocycles. The van der Waals surface area contributed by atoms with Gasteiger partial charge in [0.25, 0.3) is 0 Å². The summed E-state index contributed by atoms with van der Waals surface area (Å²) >= 11 is 1.76. The van der Waals surface area contributed by atoms with Gasteiger partial charge in [0.1, 0.15) is 5.82 Å². The van der Waals surface area contributed by atoms with Crippen molar-refractivity contribution in [3.8, 4) is 0 Å². The van der Waals surface area contributed by atoms with Crippen LogP contribution < -0.4 is 5.73 Å². The first-order valence-corrected chi connectivity index (χ1v) is 6.19. The van der Waals surface area contributed by atoms with E-state index in [2.05, 4.69) is 13.8 Å². The summed E-state index contributed by atoms with van der Waals surface area (Å²) in [6, 6.07) is 4.88. The van der Waals surface area contributed by atoms with Crippen LogP contribution in [0.4, 0.5) is 4.39 Å². The highest BCUT2D eigenvalue weighted by Crippen LogP contribution is 2.22. The average Bonchev–Trinajstić information content (AvgIpc) is 2.18. The molecule has 0 aliphatic heterocycles. The van der Waals surface area contributed by atoms with Crippen LogP contribution in [-0.2, 0) is 0 Å². The van der Waals surface area contributed by atoms with Gasteiger partial charge in [-0.05, 0) is 18.2 Å². The molecule has 0 radical (unpaired) electrons. The van der Waals surface area contributed by atoms with Crippen molar-refractivity contribution in [3.05, 3.63) is 35.1 Å². The number of nitrogens with two attached hydrogens (primary N) is 1. The molecule has 1 nitrogen and oxygen atoms in total. The maximum Gasteiger partial charge on any atom is 0.128 e. The van der Waals surface area contributed by atoms with Crippen LogP contribution in [0.2, 0.25) is 0 Å². The Kier molecular flexibility index (Phi) is 4.61. The monoisotopic (exact) mass is 227 g/mol. The summed E-state index contributed by atoms with van der Waals surface area (Å²) in [7, 11) is 0. The quantitative estimate of drug-likeness (QED) is 0.854.